The van der Waals surface area contributed by atoms with Gasteiger partial charge >= 0.3 is 11.9 Å². The number of ether oxygens (including phenoxy) is 2. The number of fused-ring (bicyclic) bond motifs is 1. The van der Waals surface area contributed by atoms with Crippen molar-refractivity contribution in [2.24, 2.45) is 0 Å². The van der Waals surface area contributed by atoms with Crippen molar-refractivity contribution in [2.45, 2.75) is 84.3 Å². The molecule has 2 heterocycles. The van der Waals surface area contributed by atoms with Gasteiger partial charge in [0.2, 0.25) is 0 Å². The Morgan fingerprint density at radius 3 is 2.20 bits per heavy atom. The molecule has 0 saturated heterocycles. The Hall–Kier alpha value is -4.93. The zero-order valence-electron chi connectivity index (χ0n) is 30.4. The summed E-state index contributed by atoms with van der Waals surface area (Å²) < 4.78 is 10.6. The van der Waals surface area contributed by atoms with E-state index in [1.54, 1.807) is 6.92 Å². The van der Waals surface area contributed by atoms with Crippen molar-refractivity contribution in [3.05, 3.63) is 130 Å². The van der Waals surface area contributed by atoms with Crippen LogP contribution in [0.25, 0.3) is 0 Å². The molecule has 7 heteroatoms. The van der Waals surface area contributed by atoms with Crippen molar-refractivity contribution in [3.8, 4) is 11.8 Å². The molecule has 1 aliphatic heterocycles. The highest BCUT2D eigenvalue weighted by Crippen LogP contribution is 2.41. The van der Waals surface area contributed by atoms with Crippen LogP contribution in [0.3, 0.4) is 0 Å². The first-order valence-electron chi connectivity index (χ1n) is 18.4. The van der Waals surface area contributed by atoms with Gasteiger partial charge in [0.15, 0.2) is 0 Å². The third-order valence-corrected chi connectivity index (χ3v) is 9.45. The fourth-order valence-electron chi connectivity index (χ4n) is 7.04. The van der Waals surface area contributed by atoms with E-state index >= 15 is 0 Å². The molecule has 0 N–H and O–H groups in total. The number of rotatable bonds is 17. The Morgan fingerprint density at radius 1 is 0.882 bits per heavy atom. The molecule has 0 amide bonds. The number of methoxy groups -OCH3 is 1. The van der Waals surface area contributed by atoms with Crippen LogP contribution in [0.15, 0.2) is 91.0 Å². The summed E-state index contributed by atoms with van der Waals surface area (Å²) in [5.74, 6) is 4.83. The first-order chi connectivity index (χ1) is 25.0. The number of anilines is 1. The summed E-state index contributed by atoms with van der Waals surface area (Å²) in [5, 5.41) is 0. The van der Waals surface area contributed by atoms with Crippen molar-refractivity contribution in [1.29, 1.82) is 0 Å². The van der Waals surface area contributed by atoms with Crippen LogP contribution in [-0.4, -0.2) is 48.6 Å². The molecule has 51 heavy (non-hydrogen) atoms. The fourth-order valence-corrected chi connectivity index (χ4v) is 7.04. The average Bonchev–Trinajstić information content (AvgIpc) is 3.57. The SMILES string of the molecule is CCCCCCC(c1nc(Cc2ccccc2)c2c(c1C(=O)OC)CCN2Cc1ccccc1)N(CCC#CC(=O)OCC)Cc1ccccc1. The van der Waals surface area contributed by atoms with Crippen LogP contribution in [-0.2, 0) is 40.2 Å². The molecule has 0 bridgehead atoms. The maximum Gasteiger partial charge on any atom is 0.384 e. The molecular formula is C44H51N3O4. The first-order valence-corrected chi connectivity index (χ1v) is 18.4. The predicted octanol–water partition coefficient (Wildman–Crippen LogP) is 8.49. The van der Waals surface area contributed by atoms with E-state index in [0.29, 0.717) is 38.1 Å². The quantitative estimate of drug-likeness (QED) is 0.0478. The lowest BCUT2D eigenvalue weighted by Gasteiger charge is -2.33. The maximum absolute atomic E-state index is 14.0. The van der Waals surface area contributed by atoms with Gasteiger partial charge in [-0.2, -0.15) is 0 Å². The summed E-state index contributed by atoms with van der Waals surface area (Å²) >= 11 is 0. The molecule has 1 atom stereocenters. The van der Waals surface area contributed by atoms with E-state index in [1.165, 1.54) is 18.2 Å². The number of carbonyl (C=O) groups is 2. The number of carbonyl (C=O) groups excluding carboxylic acids is 2. The number of aromatic nitrogens is 1. The third-order valence-electron chi connectivity index (χ3n) is 9.45. The summed E-state index contributed by atoms with van der Waals surface area (Å²) in [6, 6.07) is 31.1. The van der Waals surface area contributed by atoms with E-state index in [-0.39, 0.29) is 12.0 Å². The number of nitrogens with zero attached hydrogens (tertiary/aromatic N) is 3. The second-order valence-corrected chi connectivity index (χ2v) is 13.1. The lowest BCUT2D eigenvalue weighted by Crippen LogP contribution is -2.32. The predicted molar refractivity (Wildman–Crippen MR) is 203 cm³/mol. The minimum atomic E-state index is -0.512. The number of hydrogen-bond acceptors (Lipinski definition) is 7. The van der Waals surface area contributed by atoms with Crippen LogP contribution >= 0.6 is 0 Å². The molecule has 266 valence electrons. The molecule has 3 aromatic carbocycles. The molecule has 1 unspecified atom stereocenters. The van der Waals surface area contributed by atoms with Gasteiger partial charge < -0.3 is 14.4 Å². The minimum Gasteiger partial charge on any atom is -0.465 e. The number of esters is 2. The summed E-state index contributed by atoms with van der Waals surface area (Å²) in [6.45, 7) is 7.05. The Morgan fingerprint density at radius 2 is 1.55 bits per heavy atom. The molecule has 4 aromatic rings. The first kappa shape index (κ1) is 37.3. The highest BCUT2D eigenvalue weighted by molar-refractivity contribution is 5.95. The monoisotopic (exact) mass is 685 g/mol. The van der Waals surface area contributed by atoms with Crippen molar-refractivity contribution in [3.63, 3.8) is 0 Å². The Kier molecular flexibility index (Phi) is 14.2. The van der Waals surface area contributed by atoms with Gasteiger partial charge in [-0.25, -0.2) is 9.59 Å². The van der Waals surface area contributed by atoms with Gasteiger partial charge in [-0.15, -0.1) is 0 Å². The normalized spacial score (nSPS) is 12.6. The highest BCUT2D eigenvalue weighted by atomic mass is 16.5. The summed E-state index contributed by atoms with van der Waals surface area (Å²) in [5.41, 5.74) is 7.97. The summed E-state index contributed by atoms with van der Waals surface area (Å²) in [6.07, 6.45) is 7.03. The maximum atomic E-state index is 14.0. The van der Waals surface area contributed by atoms with Gasteiger partial charge in [-0.1, -0.05) is 130 Å². The van der Waals surface area contributed by atoms with Gasteiger partial charge in [-0.3, -0.25) is 9.88 Å². The second kappa shape index (κ2) is 19.5. The third kappa shape index (κ3) is 10.3. The molecule has 5 rings (SSSR count). The Labute approximate surface area is 304 Å². The van der Waals surface area contributed by atoms with E-state index < -0.39 is 5.97 Å². The van der Waals surface area contributed by atoms with E-state index in [1.807, 2.05) is 18.2 Å². The Bertz CT molecular complexity index is 1770. The molecular weight excluding hydrogens is 635 g/mol. The number of pyridine rings is 1. The molecule has 0 aliphatic carbocycles. The van der Waals surface area contributed by atoms with E-state index in [4.69, 9.17) is 14.5 Å². The lowest BCUT2D eigenvalue weighted by atomic mass is 9.92. The van der Waals surface area contributed by atoms with Crippen LogP contribution < -0.4 is 4.90 Å². The van der Waals surface area contributed by atoms with Gasteiger partial charge in [0.05, 0.1) is 42.4 Å². The molecule has 1 aromatic heterocycles. The van der Waals surface area contributed by atoms with Crippen LogP contribution in [0, 0.1) is 11.8 Å². The smallest absolute Gasteiger partial charge is 0.384 e. The molecule has 7 nitrogen and oxygen atoms in total. The van der Waals surface area contributed by atoms with Gasteiger partial charge in [0, 0.05) is 44.9 Å². The van der Waals surface area contributed by atoms with E-state index in [2.05, 4.69) is 101 Å². The van der Waals surface area contributed by atoms with Crippen molar-refractivity contribution in [2.75, 3.05) is 31.7 Å². The minimum absolute atomic E-state index is 0.177. The van der Waals surface area contributed by atoms with Gasteiger partial charge in [0.1, 0.15) is 0 Å². The zero-order chi connectivity index (χ0) is 35.8. The van der Waals surface area contributed by atoms with Crippen molar-refractivity contribution >= 4 is 17.6 Å². The standard InChI is InChI=1S/C44H51N3O4/c1-4-6-7-17-26-39(46(32-35-22-13-9-14-23-35)29-19-18-27-40(48)51-5-2)42-41(44(49)50-3)37-28-30-47(33-36-24-15-10-16-25-36)43(37)38(45-42)31-34-20-11-8-12-21-34/h8-16,20-25,39H,4-7,17,19,26,28-33H2,1-3H3. The largest absolute Gasteiger partial charge is 0.465 e. The summed E-state index contributed by atoms with van der Waals surface area (Å²) in [7, 11) is 1.47. The number of unbranched alkanes of at least 4 members (excludes halogenated alkanes) is 3. The van der Waals surface area contributed by atoms with Gasteiger partial charge in [-0.05, 0) is 42.0 Å². The molecule has 0 saturated carbocycles. The number of benzene rings is 3. The Balaban J connectivity index is 1.65. The molecule has 0 spiro atoms. The van der Waals surface area contributed by atoms with Crippen molar-refractivity contribution in [1.82, 2.24) is 9.88 Å². The zero-order valence-corrected chi connectivity index (χ0v) is 30.4. The van der Waals surface area contributed by atoms with Crippen LogP contribution in [0.5, 0.6) is 0 Å². The second-order valence-electron chi connectivity index (χ2n) is 13.1. The number of hydrogen-bond donors (Lipinski definition) is 0. The lowest BCUT2D eigenvalue weighted by molar-refractivity contribution is -0.136. The fraction of sp³-hybridized carbons (Fsp3) is 0.386. The van der Waals surface area contributed by atoms with E-state index in [9.17, 15) is 9.59 Å². The molecule has 1 aliphatic rings. The van der Waals surface area contributed by atoms with Crippen molar-refractivity contribution < 1.29 is 19.1 Å². The summed E-state index contributed by atoms with van der Waals surface area (Å²) in [4.78, 5) is 36.4. The topological polar surface area (TPSA) is 72.0 Å². The molecule has 0 radical (unpaired) electrons. The van der Waals surface area contributed by atoms with Crippen LogP contribution in [0.4, 0.5) is 5.69 Å². The average molecular weight is 686 g/mol. The molecule has 0 fully saturated rings. The van der Waals surface area contributed by atoms with Crippen LogP contribution in [0.1, 0.15) is 102 Å². The van der Waals surface area contributed by atoms with Gasteiger partial charge in [0.25, 0.3) is 0 Å². The van der Waals surface area contributed by atoms with Crippen LogP contribution in [0.2, 0.25) is 0 Å². The highest BCUT2D eigenvalue weighted by Gasteiger charge is 2.36. The van der Waals surface area contributed by atoms with E-state index in [0.717, 1.165) is 79.8 Å².